The molecule has 162 valence electrons. The molecule has 5 rings (SSSR count). The minimum atomic E-state index is -1.87. The molecule has 0 aliphatic carbocycles. The van der Waals surface area contributed by atoms with Gasteiger partial charge in [0.25, 0.3) is 5.56 Å². The lowest BCUT2D eigenvalue weighted by Gasteiger charge is -2.31. The van der Waals surface area contributed by atoms with Gasteiger partial charge in [-0.25, -0.2) is 9.78 Å². The summed E-state index contributed by atoms with van der Waals surface area (Å²) in [5.74, 6) is -1.36. The molecule has 0 fully saturated rings. The van der Waals surface area contributed by atoms with Crippen LogP contribution in [0.25, 0.3) is 28.4 Å². The number of primary amides is 1. The Kier molecular flexibility index (Phi) is 4.22. The Morgan fingerprint density at radius 2 is 2.12 bits per heavy atom. The first-order valence-corrected chi connectivity index (χ1v) is 10.1. The van der Waals surface area contributed by atoms with Crippen LogP contribution in [-0.2, 0) is 33.1 Å². The van der Waals surface area contributed by atoms with E-state index in [2.05, 4.69) is 0 Å². The highest BCUT2D eigenvalue weighted by Gasteiger charge is 2.45. The van der Waals surface area contributed by atoms with E-state index in [1.54, 1.807) is 35.8 Å². The highest BCUT2D eigenvalue weighted by atomic mass is 16.6. The summed E-state index contributed by atoms with van der Waals surface area (Å²) in [4.78, 5) is 41.5. The summed E-state index contributed by atoms with van der Waals surface area (Å²) in [6, 6.07) is 6.99. The minimum Gasteiger partial charge on any atom is -0.458 e. The average Bonchev–Trinajstić information content (AvgIpc) is 3.12. The normalized spacial score (nSPS) is 19.0. The van der Waals surface area contributed by atoms with Crippen molar-refractivity contribution in [1.82, 2.24) is 9.55 Å². The maximum atomic E-state index is 13.2. The minimum absolute atomic E-state index is 0.0779. The van der Waals surface area contributed by atoms with Crippen LogP contribution in [0, 0.1) is 0 Å². The van der Waals surface area contributed by atoms with Gasteiger partial charge in [0.15, 0.2) is 5.60 Å². The lowest BCUT2D eigenvalue weighted by atomic mass is 9.86. The lowest BCUT2D eigenvalue weighted by molar-refractivity contribution is -0.172. The van der Waals surface area contributed by atoms with Gasteiger partial charge < -0.3 is 25.9 Å². The standard InChI is InChI=1S/C23H20N4O5/c1-2-23(31)15-8-18-20-11(9-27(18)21(29)14(15)10-32-22(23)30)7-13-12(3-6-19(25)28)16(24)4-5-17(13)26-20/h3-8,31H,2,9-10,24H2,1H3,(H2,25,28)/b6-3+/t23-/m0/s1. The molecule has 1 atom stereocenters. The van der Waals surface area contributed by atoms with Gasteiger partial charge in [-0.05, 0) is 36.8 Å². The molecular weight excluding hydrogens is 412 g/mol. The number of esters is 1. The number of carbonyl (C=O) groups excluding carboxylic acids is 2. The van der Waals surface area contributed by atoms with Crippen LogP contribution in [0.4, 0.5) is 5.69 Å². The number of carbonyl (C=O) groups is 2. The molecule has 3 aromatic rings. The highest BCUT2D eigenvalue weighted by Crippen LogP contribution is 2.39. The smallest absolute Gasteiger partial charge is 0.343 e. The van der Waals surface area contributed by atoms with Gasteiger partial charge in [-0.1, -0.05) is 6.92 Å². The fraction of sp³-hybridized carbons (Fsp3) is 0.217. The van der Waals surface area contributed by atoms with Crippen molar-refractivity contribution in [3.05, 3.63) is 62.9 Å². The molecule has 0 unspecified atom stereocenters. The van der Waals surface area contributed by atoms with Gasteiger partial charge >= 0.3 is 5.97 Å². The number of nitrogens with zero attached hydrogens (tertiary/aromatic N) is 2. The molecule has 0 bridgehead atoms. The van der Waals surface area contributed by atoms with E-state index in [4.69, 9.17) is 21.2 Å². The maximum Gasteiger partial charge on any atom is 0.343 e. The third-order valence-corrected chi connectivity index (χ3v) is 6.18. The number of cyclic esters (lactones) is 1. The lowest BCUT2D eigenvalue weighted by Crippen LogP contribution is -2.44. The first-order chi connectivity index (χ1) is 15.2. The molecule has 0 spiro atoms. The van der Waals surface area contributed by atoms with Crippen molar-refractivity contribution in [3.8, 4) is 11.4 Å². The quantitative estimate of drug-likeness (QED) is 0.250. The van der Waals surface area contributed by atoms with Gasteiger partial charge in [0.05, 0.1) is 29.0 Å². The van der Waals surface area contributed by atoms with Crippen LogP contribution < -0.4 is 17.0 Å². The van der Waals surface area contributed by atoms with E-state index in [1.165, 1.54) is 6.08 Å². The first-order valence-electron chi connectivity index (χ1n) is 10.1. The van der Waals surface area contributed by atoms with E-state index in [0.717, 1.165) is 10.9 Å². The van der Waals surface area contributed by atoms with Gasteiger partial charge in [0.1, 0.15) is 6.61 Å². The van der Waals surface area contributed by atoms with Crippen molar-refractivity contribution in [2.24, 2.45) is 5.73 Å². The summed E-state index contributed by atoms with van der Waals surface area (Å²) in [6.45, 7) is 1.75. The second kappa shape index (κ2) is 6.76. The van der Waals surface area contributed by atoms with Gasteiger partial charge in [-0.15, -0.1) is 0 Å². The summed E-state index contributed by atoms with van der Waals surface area (Å²) in [6.07, 6.45) is 2.86. The molecule has 9 heteroatoms. The van der Waals surface area contributed by atoms with Gasteiger partial charge in [-0.2, -0.15) is 0 Å². The van der Waals surface area contributed by atoms with E-state index >= 15 is 0 Å². The molecule has 0 saturated carbocycles. The summed E-state index contributed by atoms with van der Waals surface area (Å²) >= 11 is 0. The van der Waals surface area contributed by atoms with Crippen LogP contribution >= 0.6 is 0 Å². The molecule has 2 aliphatic rings. The molecule has 2 aromatic heterocycles. The average molecular weight is 432 g/mol. The second-order valence-electron chi connectivity index (χ2n) is 7.97. The van der Waals surface area contributed by atoms with Crippen LogP contribution in [0.3, 0.4) is 0 Å². The SMILES string of the molecule is CC[C@@]1(O)C(=O)OCc2c1cc1n(c2=O)Cc2cc3c(/C=C/C(N)=O)c(N)ccc3nc2-1. The number of anilines is 1. The molecule has 0 saturated heterocycles. The molecule has 1 amide bonds. The van der Waals surface area contributed by atoms with E-state index in [9.17, 15) is 19.5 Å². The zero-order valence-corrected chi connectivity index (χ0v) is 17.2. The van der Waals surface area contributed by atoms with Gasteiger partial charge in [-0.3, -0.25) is 9.59 Å². The Balaban J connectivity index is 1.75. The van der Waals surface area contributed by atoms with E-state index in [0.29, 0.717) is 28.2 Å². The van der Waals surface area contributed by atoms with Crippen molar-refractivity contribution in [2.45, 2.75) is 32.1 Å². The van der Waals surface area contributed by atoms with Crippen molar-refractivity contribution in [3.63, 3.8) is 0 Å². The summed E-state index contributed by atoms with van der Waals surface area (Å²) < 4.78 is 6.65. The molecule has 9 nitrogen and oxygen atoms in total. The molecule has 1 aromatic carbocycles. The molecule has 4 heterocycles. The predicted molar refractivity (Wildman–Crippen MR) is 117 cm³/mol. The van der Waals surface area contributed by atoms with Crippen molar-refractivity contribution in [2.75, 3.05) is 5.73 Å². The Bertz CT molecular complexity index is 1440. The Hall–Kier alpha value is -3.98. The second-order valence-corrected chi connectivity index (χ2v) is 7.97. The summed E-state index contributed by atoms with van der Waals surface area (Å²) in [5.41, 5.74) is 13.3. The number of hydrogen-bond acceptors (Lipinski definition) is 7. The number of amides is 1. The molecule has 0 radical (unpaired) electrons. The van der Waals surface area contributed by atoms with Crippen LogP contribution in [0.15, 0.2) is 35.1 Å². The number of benzene rings is 1. The molecule has 5 N–H and O–H groups in total. The number of ether oxygens (including phenoxy) is 1. The van der Waals surface area contributed by atoms with E-state index in [1.807, 2.05) is 6.07 Å². The van der Waals surface area contributed by atoms with Crippen molar-refractivity contribution >= 4 is 34.5 Å². The molecular formula is C23H20N4O5. The number of fused-ring (bicyclic) bond motifs is 5. The van der Waals surface area contributed by atoms with Gasteiger partial charge in [0, 0.05) is 33.8 Å². The fourth-order valence-corrected chi connectivity index (χ4v) is 4.44. The number of nitrogen functional groups attached to an aromatic ring is 1. The molecule has 32 heavy (non-hydrogen) atoms. The molecule has 2 aliphatic heterocycles. The van der Waals surface area contributed by atoms with Crippen LogP contribution in [0.5, 0.6) is 0 Å². The van der Waals surface area contributed by atoms with Gasteiger partial charge in [0.2, 0.25) is 5.91 Å². The third kappa shape index (κ3) is 2.68. The maximum absolute atomic E-state index is 13.2. The highest BCUT2D eigenvalue weighted by molar-refractivity contribution is 5.99. The van der Waals surface area contributed by atoms with E-state index < -0.39 is 17.5 Å². The first kappa shape index (κ1) is 20.0. The zero-order chi connectivity index (χ0) is 22.8. The number of rotatable bonds is 3. The fourth-order valence-electron chi connectivity index (χ4n) is 4.44. The monoisotopic (exact) mass is 432 g/mol. The number of nitrogens with two attached hydrogens (primary N) is 2. The Morgan fingerprint density at radius 1 is 1.34 bits per heavy atom. The summed E-state index contributed by atoms with van der Waals surface area (Å²) in [7, 11) is 0. The number of aliphatic hydroxyl groups is 1. The number of aromatic nitrogens is 2. The Morgan fingerprint density at radius 3 is 2.84 bits per heavy atom. The van der Waals surface area contributed by atoms with E-state index in [-0.39, 0.29) is 36.3 Å². The van der Waals surface area contributed by atoms with Crippen molar-refractivity contribution in [1.29, 1.82) is 0 Å². The third-order valence-electron chi connectivity index (χ3n) is 6.18. The van der Waals surface area contributed by atoms with Crippen LogP contribution in [0.1, 0.15) is 35.6 Å². The number of hydrogen-bond donors (Lipinski definition) is 3. The summed E-state index contributed by atoms with van der Waals surface area (Å²) in [5, 5.41) is 11.7. The Labute approximate surface area is 181 Å². The van der Waals surface area contributed by atoms with Crippen LogP contribution in [0.2, 0.25) is 0 Å². The number of pyridine rings is 2. The topological polar surface area (TPSA) is 151 Å². The zero-order valence-electron chi connectivity index (χ0n) is 17.2. The van der Waals surface area contributed by atoms with Crippen LogP contribution in [-0.4, -0.2) is 26.5 Å². The predicted octanol–water partition coefficient (Wildman–Crippen LogP) is 1.16. The largest absolute Gasteiger partial charge is 0.458 e. The van der Waals surface area contributed by atoms with Crippen molar-refractivity contribution < 1.29 is 19.4 Å².